The lowest BCUT2D eigenvalue weighted by Gasteiger charge is -2.16. The van der Waals surface area contributed by atoms with Gasteiger partial charge >= 0.3 is 5.97 Å². The van der Waals surface area contributed by atoms with E-state index in [4.69, 9.17) is 16.7 Å². The minimum Gasteiger partial charge on any atom is -0.481 e. The fourth-order valence-corrected chi connectivity index (χ4v) is 5.24. The number of hydrogen-bond donors (Lipinski definition) is 2. The highest BCUT2D eigenvalue weighted by atomic mass is 35.5. The second-order valence-electron chi connectivity index (χ2n) is 4.58. The van der Waals surface area contributed by atoms with Gasteiger partial charge in [0.25, 0.3) is 15.7 Å². The first-order chi connectivity index (χ1) is 9.72. The average molecular weight is 355 g/mol. The van der Waals surface area contributed by atoms with Crippen LogP contribution in [0.1, 0.15) is 19.3 Å². The summed E-state index contributed by atoms with van der Waals surface area (Å²) in [6.45, 7) is 0. The highest BCUT2D eigenvalue weighted by molar-refractivity contribution is 7.91. The molecule has 0 spiro atoms. The molecule has 2 N–H and O–H groups in total. The predicted molar refractivity (Wildman–Crippen MR) is 75.1 cm³/mol. The van der Waals surface area contributed by atoms with Crippen LogP contribution in [0.5, 0.6) is 0 Å². The van der Waals surface area contributed by atoms with Gasteiger partial charge in [0, 0.05) is 12.1 Å². The molecule has 2 unspecified atom stereocenters. The predicted octanol–water partition coefficient (Wildman–Crippen LogP) is 1.84. The maximum Gasteiger partial charge on any atom is 0.308 e. The minimum atomic E-state index is -4.03. The molecule has 0 radical (unpaired) electrons. The molecular formula is C10H11ClN2O6S2. The molecule has 1 aromatic heterocycles. The number of rotatable bonds is 5. The molecule has 1 aromatic rings. The molecule has 1 fully saturated rings. The number of carboxylic acids is 1. The van der Waals surface area contributed by atoms with Crippen molar-refractivity contribution in [1.29, 1.82) is 0 Å². The molecule has 1 saturated carbocycles. The molecule has 2 atom stereocenters. The molecule has 0 aliphatic heterocycles. The van der Waals surface area contributed by atoms with E-state index in [9.17, 15) is 23.3 Å². The van der Waals surface area contributed by atoms with Crippen molar-refractivity contribution in [1.82, 2.24) is 4.72 Å². The Morgan fingerprint density at radius 2 is 2.19 bits per heavy atom. The number of carboxylic acid groups (broad SMARTS) is 1. The lowest BCUT2D eigenvalue weighted by Crippen LogP contribution is -2.39. The summed E-state index contributed by atoms with van der Waals surface area (Å²) in [4.78, 5) is 21.0. The molecule has 1 aliphatic rings. The SMILES string of the molecule is O=C(O)C1CCCC1NS(=O)(=O)c1cc([N+](=O)[O-])c(Cl)s1. The van der Waals surface area contributed by atoms with Crippen molar-refractivity contribution in [3.63, 3.8) is 0 Å². The van der Waals surface area contributed by atoms with Crippen molar-refractivity contribution in [2.75, 3.05) is 0 Å². The summed E-state index contributed by atoms with van der Waals surface area (Å²) in [6.07, 6.45) is 1.42. The highest BCUT2D eigenvalue weighted by Crippen LogP contribution is 2.37. The van der Waals surface area contributed by atoms with Gasteiger partial charge in [-0.2, -0.15) is 0 Å². The quantitative estimate of drug-likeness (QED) is 0.613. The van der Waals surface area contributed by atoms with E-state index in [0.29, 0.717) is 30.6 Å². The van der Waals surface area contributed by atoms with Crippen LogP contribution >= 0.6 is 22.9 Å². The summed E-state index contributed by atoms with van der Waals surface area (Å²) >= 11 is 6.20. The normalized spacial score (nSPS) is 22.3. The van der Waals surface area contributed by atoms with Crippen LogP contribution in [0.25, 0.3) is 0 Å². The zero-order valence-corrected chi connectivity index (χ0v) is 12.9. The molecule has 116 valence electrons. The average Bonchev–Trinajstić information content (AvgIpc) is 2.95. The van der Waals surface area contributed by atoms with Crippen LogP contribution in [0.15, 0.2) is 10.3 Å². The molecule has 21 heavy (non-hydrogen) atoms. The van der Waals surface area contributed by atoms with Gasteiger partial charge in [-0.1, -0.05) is 18.0 Å². The second-order valence-corrected chi connectivity index (χ2v) is 8.18. The Labute approximate surface area is 128 Å². The fraction of sp³-hybridized carbons (Fsp3) is 0.500. The van der Waals surface area contributed by atoms with E-state index in [1.807, 2.05) is 0 Å². The Hall–Kier alpha value is -1.23. The lowest BCUT2D eigenvalue weighted by molar-refractivity contribution is -0.384. The van der Waals surface area contributed by atoms with Gasteiger partial charge in [0.15, 0.2) is 4.34 Å². The monoisotopic (exact) mass is 354 g/mol. The smallest absolute Gasteiger partial charge is 0.308 e. The zero-order chi connectivity index (χ0) is 15.8. The van der Waals surface area contributed by atoms with Gasteiger partial charge in [-0.05, 0) is 12.8 Å². The summed E-state index contributed by atoms with van der Waals surface area (Å²) in [7, 11) is -4.03. The maximum atomic E-state index is 12.2. The Morgan fingerprint density at radius 3 is 2.71 bits per heavy atom. The van der Waals surface area contributed by atoms with Gasteiger partial charge in [0.2, 0.25) is 0 Å². The first-order valence-electron chi connectivity index (χ1n) is 5.91. The summed E-state index contributed by atoms with van der Waals surface area (Å²) in [5.41, 5.74) is -0.483. The van der Waals surface area contributed by atoms with Crippen molar-refractivity contribution in [3.8, 4) is 0 Å². The maximum absolute atomic E-state index is 12.2. The van der Waals surface area contributed by atoms with E-state index in [2.05, 4.69) is 4.72 Å². The van der Waals surface area contributed by atoms with Gasteiger partial charge in [-0.3, -0.25) is 14.9 Å². The third-order valence-corrected chi connectivity index (χ3v) is 6.55. The highest BCUT2D eigenvalue weighted by Gasteiger charge is 2.37. The molecule has 8 nitrogen and oxygen atoms in total. The second kappa shape index (κ2) is 5.87. The third-order valence-electron chi connectivity index (χ3n) is 3.25. The van der Waals surface area contributed by atoms with Crippen LogP contribution in [-0.4, -0.2) is 30.5 Å². The first kappa shape index (κ1) is 16.1. The van der Waals surface area contributed by atoms with Crippen LogP contribution in [0.2, 0.25) is 4.34 Å². The van der Waals surface area contributed by atoms with Gasteiger partial charge < -0.3 is 5.11 Å². The number of nitrogens with zero attached hydrogens (tertiary/aromatic N) is 1. The summed E-state index contributed by atoms with van der Waals surface area (Å²) in [5.74, 6) is -1.85. The molecule has 2 rings (SSSR count). The van der Waals surface area contributed by atoms with Crippen molar-refractivity contribution in [2.45, 2.75) is 29.5 Å². The number of nitrogens with one attached hydrogen (secondary N) is 1. The van der Waals surface area contributed by atoms with Gasteiger partial charge in [-0.25, -0.2) is 13.1 Å². The lowest BCUT2D eigenvalue weighted by atomic mass is 10.1. The van der Waals surface area contributed by atoms with Crippen LogP contribution in [0.3, 0.4) is 0 Å². The number of carbonyl (C=O) groups is 1. The Morgan fingerprint density at radius 1 is 1.52 bits per heavy atom. The number of aliphatic carboxylic acids is 1. The number of hydrogen-bond acceptors (Lipinski definition) is 6. The Bertz CT molecular complexity index is 686. The molecule has 0 saturated heterocycles. The van der Waals surface area contributed by atoms with Crippen LogP contribution in [0.4, 0.5) is 5.69 Å². The van der Waals surface area contributed by atoms with Crippen molar-refractivity contribution >= 4 is 44.6 Å². The van der Waals surface area contributed by atoms with E-state index >= 15 is 0 Å². The van der Waals surface area contributed by atoms with Crippen molar-refractivity contribution < 1.29 is 23.2 Å². The standard InChI is InChI=1S/C10H11ClN2O6S2/c11-9-7(13(16)17)4-8(20-9)21(18,19)12-6-3-1-2-5(6)10(14)15/h4-6,12H,1-3H2,(H,14,15). The molecule has 0 aromatic carbocycles. The molecule has 0 bridgehead atoms. The topological polar surface area (TPSA) is 127 Å². The largest absolute Gasteiger partial charge is 0.481 e. The molecule has 1 heterocycles. The van der Waals surface area contributed by atoms with E-state index in [0.717, 1.165) is 6.07 Å². The summed E-state index contributed by atoms with van der Waals surface area (Å²) in [5, 5.41) is 19.7. The molecule has 1 aliphatic carbocycles. The minimum absolute atomic E-state index is 0.235. The summed E-state index contributed by atoms with van der Waals surface area (Å²) in [6, 6.07) is 0.160. The summed E-state index contributed by atoms with van der Waals surface area (Å²) < 4.78 is 26.1. The number of thiophene rings is 1. The van der Waals surface area contributed by atoms with E-state index in [1.165, 1.54) is 0 Å². The van der Waals surface area contributed by atoms with Gasteiger partial charge in [0.05, 0.1) is 10.8 Å². The Balaban J connectivity index is 2.24. The number of sulfonamides is 1. The number of nitro groups is 1. The van der Waals surface area contributed by atoms with Crippen LogP contribution in [0, 0.1) is 16.0 Å². The zero-order valence-electron chi connectivity index (χ0n) is 10.5. The molecule has 11 heteroatoms. The molecule has 0 amide bonds. The van der Waals surface area contributed by atoms with Gasteiger partial charge in [0.1, 0.15) is 4.21 Å². The third kappa shape index (κ3) is 3.34. The van der Waals surface area contributed by atoms with Gasteiger partial charge in [-0.15, -0.1) is 11.3 Å². The van der Waals surface area contributed by atoms with Crippen molar-refractivity contribution in [3.05, 3.63) is 20.5 Å². The fourth-order valence-electron chi connectivity index (χ4n) is 2.25. The Kier molecular flexibility index (Phi) is 4.51. The molecular weight excluding hydrogens is 344 g/mol. The van der Waals surface area contributed by atoms with E-state index in [1.54, 1.807) is 0 Å². The van der Waals surface area contributed by atoms with E-state index < -0.39 is 38.6 Å². The first-order valence-corrected chi connectivity index (χ1v) is 8.59. The van der Waals surface area contributed by atoms with Crippen molar-refractivity contribution in [2.24, 2.45) is 5.92 Å². The van der Waals surface area contributed by atoms with E-state index in [-0.39, 0.29) is 8.55 Å². The number of halogens is 1. The van der Waals surface area contributed by atoms with Crippen LogP contribution < -0.4 is 4.72 Å². The van der Waals surface area contributed by atoms with Crippen LogP contribution in [-0.2, 0) is 14.8 Å².